The molecule has 232 valence electrons. The van der Waals surface area contributed by atoms with Gasteiger partial charge in [-0.15, -0.1) is 0 Å². The molecule has 0 heterocycles. The lowest BCUT2D eigenvalue weighted by atomic mass is 10.1. The molecule has 0 unspecified atom stereocenters. The second-order valence-electron chi connectivity index (χ2n) is 10.9. The molecule has 0 saturated carbocycles. The monoisotopic (exact) mass is 549 g/mol. The van der Waals surface area contributed by atoms with Crippen molar-refractivity contribution in [2.75, 3.05) is 20.1 Å². The number of rotatable bonds is 9. The van der Waals surface area contributed by atoms with Crippen LogP contribution in [0.5, 0.6) is 0 Å². The molecule has 38 heavy (non-hydrogen) atoms. The van der Waals surface area contributed by atoms with Gasteiger partial charge in [-0.2, -0.15) is 0 Å². The average Bonchev–Trinajstić information content (AvgIpc) is 2.76. The Morgan fingerprint density at radius 3 is 1.11 bits per heavy atom. The third-order valence-corrected chi connectivity index (χ3v) is 4.22. The fraction of sp³-hybridized carbons (Fsp3) is 0.867. The molecule has 4 amide bonds. The molecule has 0 aromatic carbocycles. The molecule has 0 saturated heterocycles. The highest BCUT2D eigenvalue weighted by atomic mass is 16.2. The predicted molar refractivity (Wildman–Crippen MR) is 166 cm³/mol. The molecule has 0 aliphatic rings. The average molecular weight is 549 g/mol. The third kappa shape index (κ3) is 41.0. The number of carbonyl (C=O) groups is 4. The fourth-order valence-electron chi connectivity index (χ4n) is 1.85. The number of hydrogen-bond acceptors (Lipinski definition) is 4. The van der Waals surface area contributed by atoms with Crippen molar-refractivity contribution >= 4 is 23.6 Å². The molecular weight excluding hydrogens is 480 g/mol. The van der Waals surface area contributed by atoms with Gasteiger partial charge in [0.2, 0.25) is 23.6 Å². The summed E-state index contributed by atoms with van der Waals surface area (Å²) >= 11 is 0. The van der Waals surface area contributed by atoms with Crippen LogP contribution in [0, 0.1) is 23.7 Å². The van der Waals surface area contributed by atoms with E-state index in [4.69, 9.17) is 0 Å². The van der Waals surface area contributed by atoms with Gasteiger partial charge in [0.25, 0.3) is 0 Å². The van der Waals surface area contributed by atoms with E-state index in [1.165, 1.54) is 0 Å². The molecule has 0 aromatic rings. The van der Waals surface area contributed by atoms with E-state index < -0.39 is 0 Å². The Balaban J connectivity index is -0.0000000890. The van der Waals surface area contributed by atoms with Crippen LogP contribution in [0.15, 0.2) is 0 Å². The van der Waals surface area contributed by atoms with E-state index in [0.717, 1.165) is 32.4 Å². The van der Waals surface area contributed by atoms with E-state index >= 15 is 0 Å². The van der Waals surface area contributed by atoms with Crippen LogP contribution >= 0.6 is 0 Å². The fourth-order valence-corrected chi connectivity index (χ4v) is 1.85. The van der Waals surface area contributed by atoms with Gasteiger partial charge in [0.15, 0.2) is 0 Å². The number of unbranched alkanes of at least 4 members (excludes halogenated alkanes) is 1. The van der Waals surface area contributed by atoms with E-state index in [2.05, 4.69) is 28.2 Å². The maximum Gasteiger partial charge on any atom is 0.222 e. The van der Waals surface area contributed by atoms with Crippen LogP contribution in [-0.2, 0) is 19.2 Å². The molecule has 0 aromatic heterocycles. The minimum Gasteiger partial charge on any atom is -0.359 e. The molecule has 8 nitrogen and oxygen atoms in total. The van der Waals surface area contributed by atoms with Crippen LogP contribution in [0.3, 0.4) is 0 Å². The standard InChI is InChI=1S/2C8H17NO.C7H15NO.C5H11NO.2CH4/c1-6(2)7(10)9-8(3,4)5;1-4-5-6-9-8(10)7(2)3;1-4-5-8-7(9)6(2)3;1-4(2)5(7)6-3;;/h6H,1-5H3,(H,9,10);7H,4-6H2,1-3H3,(H,9,10);6H,4-5H2,1-3H3,(H,8,9);4H,1-3H3,(H,6,7);2*1H4. The van der Waals surface area contributed by atoms with E-state index in [1.807, 2.05) is 83.1 Å². The normalized spacial score (nSPS) is 9.74. The van der Waals surface area contributed by atoms with Crippen LogP contribution in [0.4, 0.5) is 0 Å². The zero-order valence-electron chi connectivity index (χ0n) is 26.0. The smallest absolute Gasteiger partial charge is 0.222 e. The van der Waals surface area contributed by atoms with Gasteiger partial charge in [-0.1, -0.05) is 90.5 Å². The molecule has 0 aliphatic heterocycles. The minimum absolute atomic E-state index is 0. The van der Waals surface area contributed by atoms with Crippen molar-refractivity contribution in [1.82, 2.24) is 21.3 Å². The van der Waals surface area contributed by atoms with Crippen molar-refractivity contribution in [2.24, 2.45) is 23.7 Å². The molecule has 0 spiro atoms. The number of nitrogens with one attached hydrogen (secondary N) is 4. The molecule has 0 aliphatic carbocycles. The summed E-state index contributed by atoms with van der Waals surface area (Å²) in [4.78, 5) is 43.1. The van der Waals surface area contributed by atoms with E-state index in [0.29, 0.717) is 0 Å². The summed E-state index contributed by atoms with van der Waals surface area (Å²) in [7, 11) is 1.64. The molecule has 0 radical (unpaired) electrons. The molecular formula is C30H68N4O4. The highest BCUT2D eigenvalue weighted by molar-refractivity contribution is 5.79. The minimum atomic E-state index is -0.0959. The topological polar surface area (TPSA) is 116 Å². The largest absolute Gasteiger partial charge is 0.359 e. The Morgan fingerprint density at radius 1 is 0.579 bits per heavy atom. The first-order valence-electron chi connectivity index (χ1n) is 13.5. The maximum absolute atomic E-state index is 11.0. The second-order valence-corrected chi connectivity index (χ2v) is 10.9. The zero-order valence-corrected chi connectivity index (χ0v) is 26.0. The summed E-state index contributed by atoms with van der Waals surface area (Å²) in [6.45, 7) is 26.8. The second kappa shape index (κ2) is 29.4. The van der Waals surface area contributed by atoms with Gasteiger partial charge < -0.3 is 21.3 Å². The molecule has 0 rings (SSSR count). The first-order valence-corrected chi connectivity index (χ1v) is 13.5. The summed E-state index contributed by atoms with van der Waals surface area (Å²) < 4.78 is 0. The summed E-state index contributed by atoms with van der Waals surface area (Å²) in [5, 5.41) is 11.0. The zero-order chi connectivity index (χ0) is 29.5. The lowest BCUT2D eigenvalue weighted by Gasteiger charge is -2.21. The van der Waals surface area contributed by atoms with Gasteiger partial charge in [0.1, 0.15) is 0 Å². The molecule has 0 bridgehead atoms. The van der Waals surface area contributed by atoms with Crippen molar-refractivity contribution < 1.29 is 19.2 Å². The number of carbonyl (C=O) groups excluding carboxylic acids is 4. The van der Waals surface area contributed by atoms with Crippen molar-refractivity contribution in [3.05, 3.63) is 0 Å². The predicted octanol–water partition coefficient (Wildman–Crippen LogP) is 5.95. The van der Waals surface area contributed by atoms with Crippen molar-refractivity contribution in [2.45, 2.75) is 130 Å². The molecule has 0 atom stereocenters. The van der Waals surface area contributed by atoms with Gasteiger partial charge >= 0.3 is 0 Å². The highest BCUT2D eigenvalue weighted by Crippen LogP contribution is 2.01. The summed E-state index contributed by atoms with van der Waals surface area (Å²) in [6.07, 6.45) is 3.23. The Labute approximate surface area is 237 Å². The summed E-state index contributed by atoms with van der Waals surface area (Å²) in [6, 6.07) is 0. The highest BCUT2D eigenvalue weighted by Gasteiger charge is 2.15. The molecule has 8 heteroatoms. The maximum atomic E-state index is 11.0. The SMILES string of the molecule is C.C.CC(C)C(=O)NC(C)(C)C.CCCCNC(=O)C(C)C.CCCNC(=O)C(C)C.CNC(=O)C(C)C. The molecule has 0 fully saturated rings. The van der Waals surface area contributed by atoms with Gasteiger partial charge in [-0.3, -0.25) is 19.2 Å². The van der Waals surface area contributed by atoms with Crippen molar-refractivity contribution in [3.63, 3.8) is 0 Å². The quantitative estimate of drug-likeness (QED) is 0.267. The first kappa shape index (κ1) is 48.9. The number of amides is 4. The van der Waals surface area contributed by atoms with Gasteiger partial charge in [0.05, 0.1) is 0 Å². The lowest BCUT2D eigenvalue weighted by Crippen LogP contribution is -2.42. The Bertz CT molecular complexity index is 581. The third-order valence-electron chi connectivity index (χ3n) is 4.22. The van der Waals surface area contributed by atoms with E-state index in [9.17, 15) is 19.2 Å². The van der Waals surface area contributed by atoms with Crippen molar-refractivity contribution in [1.29, 1.82) is 0 Å². The van der Waals surface area contributed by atoms with Crippen molar-refractivity contribution in [3.8, 4) is 0 Å². The Hall–Kier alpha value is -2.12. The van der Waals surface area contributed by atoms with E-state index in [-0.39, 0.29) is 67.7 Å². The Kier molecular flexibility index (Phi) is 37.9. The van der Waals surface area contributed by atoms with Crippen LogP contribution in [-0.4, -0.2) is 49.3 Å². The van der Waals surface area contributed by atoms with Crippen LogP contribution in [0.1, 0.15) is 124 Å². The molecule has 4 N–H and O–H groups in total. The summed E-state index contributed by atoms with van der Waals surface area (Å²) in [5.74, 6) is 0.968. The van der Waals surface area contributed by atoms with Crippen LogP contribution < -0.4 is 21.3 Å². The first-order chi connectivity index (χ1) is 16.4. The van der Waals surface area contributed by atoms with Gasteiger partial charge in [-0.25, -0.2) is 0 Å². The lowest BCUT2D eigenvalue weighted by molar-refractivity contribution is -0.125. The summed E-state index contributed by atoms with van der Waals surface area (Å²) in [5.41, 5.74) is -0.0959. The Morgan fingerprint density at radius 2 is 0.921 bits per heavy atom. The number of hydrogen-bond donors (Lipinski definition) is 4. The van der Waals surface area contributed by atoms with Crippen LogP contribution in [0.25, 0.3) is 0 Å². The van der Waals surface area contributed by atoms with Crippen LogP contribution in [0.2, 0.25) is 0 Å². The van der Waals surface area contributed by atoms with Gasteiger partial charge in [0, 0.05) is 49.3 Å². The van der Waals surface area contributed by atoms with Gasteiger partial charge in [-0.05, 0) is 33.6 Å². The van der Waals surface area contributed by atoms with E-state index in [1.54, 1.807) is 7.05 Å².